The molecule has 230 valence electrons. The second kappa shape index (κ2) is 14.3. The Balaban J connectivity index is 1.66. The number of methoxy groups -OCH3 is 1. The topological polar surface area (TPSA) is 108 Å². The second-order valence-electron chi connectivity index (χ2n) is 11.5. The van der Waals surface area contributed by atoms with E-state index in [-0.39, 0.29) is 42.3 Å². The number of benzene rings is 2. The van der Waals surface area contributed by atoms with Gasteiger partial charge in [-0.25, -0.2) is 4.39 Å². The Morgan fingerprint density at radius 2 is 1.95 bits per heavy atom. The molecule has 4 rings (SSSR count). The largest absolute Gasteiger partial charge is 0.496 e. The van der Waals surface area contributed by atoms with E-state index >= 15 is 0 Å². The highest BCUT2D eigenvalue weighted by molar-refractivity contribution is 5.99. The van der Waals surface area contributed by atoms with Gasteiger partial charge in [0.15, 0.2) is 0 Å². The van der Waals surface area contributed by atoms with E-state index in [1.165, 1.54) is 21.9 Å². The number of amides is 4. The van der Waals surface area contributed by atoms with Gasteiger partial charge in [0, 0.05) is 31.2 Å². The van der Waals surface area contributed by atoms with Gasteiger partial charge in [0.1, 0.15) is 17.6 Å². The van der Waals surface area contributed by atoms with Crippen molar-refractivity contribution in [1.29, 1.82) is 0 Å². The Morgan fingerprint density at radius 1 is 1.16 bits per heavy atom. The molecule has 0 radical (unpaired) electrons. The van der Waals surface area contributed by atoms with E-state index in [0.717, 1.165) is 11.1 Å². The van der Waals surface area contributed by atoms with Crippen molar-refractivity contribution in [1.82, 2.24) is 20.4 Å². The molecule has 2 bridgehead atoms. The third kappa shape index (κ3) is 7.60. The molecule has 0 unspecified atom stereocenters. The third-order valence-electron chi connectivity index (χ3n) is 8.10. The van der Waals surface area contributed by atoms with Crippen LogP contribution in [0.1, 0.15) is 65.0 Å². The van der Waals surface area contributed by atoms with Crippen molar-refractivity contribution in [3.8, 4) is 5.75 Å². The lowest BCUT2D eigenvalue weighted by molar-refractivity contribution is -0.126. The van der Waals surface area contributed by atoms with Crippen LogP contribution in [0.15, 0.2) is 49.1 Å². The Labute approximate surface area is 252 Å². The number of hydrogen-bond acceptors (Lipinski definition) is 5. The van der Waals surface area contributed by atoms with Gasteiger partial charge in [0.25, 0.3) is 11.8 Å². The molecule has 2 heterocycles. The molecule has 2 N–H and O–H groups in total. The van der Waals surface area contributed by atoms with E-state index in [2.05, 4.69) is 17.2 Å². The fourth-order valence-electron chi connectivity index (χ4n) is 5.65. The van der Waals surface area contributed by atoms with Crippen LogP contribution in [0.3, 0.4) is 0 Å². The quantitative estimate of drug-likeness (QED) is 0.517. The van der Waals surface area contributed by atoms with Crippen molar-refractivity contribution in [2.45, 2.75) is 58.0 Å². The number of carbonyl (C=O) groups is 4. The molecule has 1 saturated heterocycles. The molecule has 0 spiro atoms. The van der Waals surface area contributed by atoms with Gasteiger partial charge in [-0.15, -0.1) is 6.58 Å². The van der Waals surface area contributed by atoms with Gasteiger partial charge in [0.05, 0.1) is 19.2 Å². The number of ether oxygens (including phenoxy) is 1. The highest BCUT2D eigenvalue weighted by Gasteiger charge is 2.37. The predicted molar refractivity (Wildman–Crippen MR) is 161 cm³/mol. The molecule has 0 saturated carbocycles. The third-order valence-corrected chi connectivity index (χ3v) is 8.10. The van der Waals surface area contributed by atoms with Crippen molar-refractivity contribution in [3.63, 3.8) is 0 Å². The summed E-state index contributed by atoms with van der Waals surface area (Å²) in [6.45, 7) is 8.19. The molecule has 2 aromatic rings. The van der Waals surface area contributed by atoms with Crippen LogP contribution in [-0.2, 0) is 22.4 Å². The monoisotopic (exact) mass is 592 g/mol. The number of rotatable bonds is 5. The average molecular weight is 593 g/mol. The Hall–Kier alpha value is -4.21. The highest BCUT2D eigenvalue weighted by atomic mass is 19.1. The second-order valence-corrected chi connectivity index (χ2v) is 11.5. The first-order valence-corrected chi connectivity index (χ1v) is 14.9. The number of fused-ring (bicyclic) bond motifs is 3. The average Bonchev–Trinajstić information content (AvgIpc) is 3.48. The predicted octanol–water partition coefficient (Wildman–Crippen LogP) is 3.51. The van der Waals surface area contributed by atoms with Gasteiger partial charge in [0.2, 0.25) is 11.8 Å². The molecular formula is C33H41FN4O5. The summed E-state index contributed by atoms with van der Waals surface area (Å²) in [4.78, 5) is 56.9. The number of nitrogens with one attached hydrogen (secondary N) is 2. The summed E-state index contributed by atoms with van der Waals surface area (Å²) >= 11 is 0. The Kier molecular flexibility index (Phi) is 10.6. The standard InChI is InChI=1S/C33H41FN4O5/c1-5-8-23-18-24(12-14-29(23)43-4)32(41)37-19-27(21(2)3)36-31(40)28-10-7-16-38(28)33(42)25-17-22(11-13-26(25)34)9-6-15-35-30(39)20-37/h5,11-14,17-18,21,27-28H,1,6-10,15-16,19-20H2,2-4H3,(H,35,39)(H,36,40)/t27-,28-/m0/s1. The summed E-state index contributed by atoms with van der Waals surface area (Å²) in [5, 5.41) is 5.91. The normalized spacial score (nSPS) is 20.3. The SMILES string of the molecule is C=CCc1cc(C(=O)N2CC(=O)NCCCc3ccc(F)c(c3)C(=O)N3CCC[C@H]3C(=O)N[C@H](C(C)C)C2)ccc1OC. The minimum atomic E-state index is -0.761. The first-order valence-electron chi connectivity index (χ1n) is 14.9. The van der Waals surface area contributed by atoms with Crippen molar-refractivity contribution < 1.29 is 28.3 Å². The summed E-state index contributed by atoms with van der Waals surface area (Å²) < 4.78 is 20.2. The lowest BCUT2D eigenvalue weighted by Crippen LogP contribution is -2.54. The van der Waals surface area contributed by atoms with E-state index in [1.54, 1.807) is 37.5 Å². The molecule has 2 aliphatic heterocycles. The first kappa shape index (κ1) is 31.7. The first-order chi connectivity index (χ1) is 20.6. The van der Waals surface area contributed by atoms with Crippen molar-refractivity contribution in [2.75, 3.05) is 33.3 Å². The van der Waals surface area contributed by atoms with E-state index in [0.29, 0.717) is 56.5 Å². The zero-order valence-corrected chi connectivity index (χ0v) is 25.2. The number of nitrogens with zero attached hydrogens (tertiary/aromatic N) is 2. The minimum Gasteiger partial charge on any atom is -0.496 e. The summed E-state index contributed by atoms with van der Waals surface area (Å²) in [5.41, 5.74) is 1.88. The van der Waals surface area contributed by atoms with Crippen molar-refractivity contribution in [2.24, 2.45) is 5.92 Å². The number of aryl methyl sites for hydroxylation is 1. The molecule has 43 heavy (non-hydrogen) atoms. The van der Waals surface area contributed by atoms with Gasteiger partial charge < -0.3 is 25.2 Å². The zero-order valence-electron chi connectivity index (χ0n) is 25.2. The maximum atomic E-state index is 14.8. The van der Waals surface area contributed by atoms with Gasteiger partial charge in [-0.2, -0.15) is 0 Å². The molecule has 4 amide bonds. The number of halogens is 1. The molecule has 2 aromatic carbocycles. The van der Waals surface area contributed by atoms with E-state index in [1.807, 2.05) is 13.8 Å². The molecule has 0 aliphatic carbocycles. The summed E-state index contributed by atoms with van der Waals surface area (Å²) in [6.07, 6.45) is 4.36. The van der Waals surface area contributed by atoms with E-state index in [4.69, 9.17) is 4.74 Å². The zero-order chi connectivity index (χ0) is 31.1. The van der Waals surface area contributed by atoms with Crippen molar-refractivity contribution >= 4 is 23.6 Å². The van der Waals surface area contributed by atoms with Crippen LogP contribution in [0.5, 0.6) is 5.75 Å². The molecule has 0 aromatic heterocycles. The van der Waals surface area contributed by atoms with Crippen LogP contribution in [0.4, 0.5) is 4.39 Å². The van der Waals surface area contributed by atoms with Crippen LogP contribution in [0.2, 0.25) is 0 Å². The molecule has 9 nitrogen and oxygen atoms in total. The lowest BCUT2D eigenvalue weighted by Gasteiger charge is -2.32. The lowest BCUT2D eigenvalue weighted by atomic mass is 10.0. The fourth-order valence-corrected chi connectivity index (χ4v) is 5.65. The summed E-state index contributed by atoms with van der Waals surface area (Å²) in [5.74, 6) is -1.66. The van der Waals surface area contributed by atoms with Gasteiger partial charge >= 0.3 is 0 Å². The summed E-state index contributed by atoms with van der Waals surface area (Å²) in [7, 11) is 1.56. The number of allylic oxidation sites excluding steroid dienone is 1. The maximum absolute atomic E-state index is 14.8. The molecular weight excluding hydrogens is 551 g/mol. The smallest absolute Gasteiger partial charge is 0.257 e. The van der Waals surface area contributed by atoms with Crippen molar-refractivity contribution in [3.05, 3.63) is 77.1 Å². The maximum Gasteiger partial charge on any atom is 0.257 e. The minimum absolute atomic E-state index is 0.0574. The molecule has 1 fully saturated rings. The summed E-state index contributed by atoms with van der Waals surface area (Å²) in [6, 6.07) is 8.28. The van der Waals surface area contributed by atoms with Crippen LogP contribution in [-0.4, -0.2) is 78.8 Å². The van der Waals surface area contributed by atoms with Crippen LogP contribution >= 0.6 is 0 Å². The van der Waals surface area contributed by atoms with Crippen LogP contribution in [0.25, 0.3) is 0 Å². The number of hydrogen-bond donors (Lipinski definition) is 2. The fraction of sp³-hybridized carbons (Fsp3) is 0.455. The van der Waals surface area contributed by atoms with Crippen LogP contribution < -0.4 is 15.4 Å². The van der Waals surface area contributed by atoms with E-state index in [9.17, 15) is 23.6 Å². The van der Waals surface area contributed by atoms with E-state index < -0.39 is 23.8 Å². The Morgan fingerprint density at radius 3 is 2.67 bits per heavy atom. The van der Waals surface area contributed by atoms with Crippen LogP contribution in [0, 0.1) is 11.7 Å². The molecule has 2 atom stereocenters. The van der Waals surface area contributed by atoms with Gasteiger partial charge in [-0.3, -0.25) is 19.2 Å². The highest BCUT2D eigenvalue weighted by Crippen LogP contribution is 2.25. The Bertz CT molecular complexity index is 1380. The van der Waals surface area contributed by atoms with Gasteiger partial charge in [-0.1, -0.05) is 26.0 Å². The molecule has 10 heteroatoms. The van der Waals surface area contributed by atoms with Gasteiger partial charge in [-0.05, 0) is 79.5 Å². The molecule has 2 aliphatic rings. The number of carbonyl (C=O) groups excluding carboxylic acids is 4.